The van der Waals surface area contributed by atoms with E-state index >= 15 is 0 Å². The molecule has 1 atom stereocenters. The monoisotopic (exact) mass is 290 g/mol. The van der Waals surface area contributed by atoms with Gasteiger partial charge in [0.2, 0.25) is 0 Å². The highest BCUT2D eigenvalue weighted by molar-refractivity contribution is 7.92. The quantitative estimate of drug-likeness (QED) is 0.631. The van der Waals surface area contributed by atoms with Crippen LogP contribution >= 0.6 is 0 Å². The number of sulfone groups is 1. The Morgan fingerprint density at radius 3 is 2.32 bits per heavy atom. The molecule has 0 amide bonds. The van der Waals surface area contributed by atoms with Gasteiger partial charge in [0.15, 0.2) is 15.6 Å². The third-order valence-electron chi connectivity index (χ3n) is 3.75. The molecule has 1 unspecified atom stereocenters. The minimum atomic E-state index is -3.44. The van der Waals surface area contributed by atoms with E-state index in [4.69, 9.17) is 0 Å². The minimum absolute atomic E-state index is 0.0860. The zero-order chi connectivity index (χ0) is 14.7. The van der Waals surface area contributed by atoms with E-state index in [1.165, 1.54) is 7.11 Å². The van der Waals surface area contributed by atoms with Crippen LogP contribution in [0.4, 0.5) is 0 Å². The summed E-state index contributed by atoms with van der Waals surface area (Å²) >= 11 is 0. The lowest BCUT2D eigenvalue weighted by molar-refractivity contribution is -0.141. The number of ether oxygens (including phenoxy) is 1. The van der Waals surface area contributed by atoms with Crippen LogP contribution in [0.25, 0.3) is 0 Å². The van der Waals surface area contributed by atoms with Gasteiger partial charge < -0.3 is 4.74 Å². The van der Waals surface area contributed by atoms with Crippen LogP contribution < -0.4 is 0 Å². The van der Waals surface area contributed by atoms with E-state index in [1.807, 2.05) is 6.92 Å². The molecule has 1 rings (SSSR count). The van der Waals surface area contributed by atoms with Crippen LogP contribution in [-0.2, 0) is 24.2 Å². The van der Waals surface area contributed by atoms with Gasteiger partial charge in [0, 0.05) is 5.92 Å². The summed E-state index contributed by atoms with van der Waals surface area (Å²) in [5.41, 5.74) is -0.484. The average molecular weight is 290 g/mol. The Labute approximate surface area is 114 Å². The molecule has 110 valence electrons. The summed E-state index contributed by atoms with van der Waals surface area (Å²) in [5, 5.41) is 0. The fraction of sp³-hybridized carbons (Fsp3) is 0.846. The number of methoxy groups -OCH3 is 1. The molecular formula is C13H22O5S. The molecule has 0 heterocycles. The van der Waals surface area contributed by atoms with Gasteiger partial charge in [-0.1, -0.05) is 13.8 Å². The number of carbonyl (C=O) groups is 2. The Bertz CT molecular complexity index is 448. The van der Waals surface area contributed by atoms with E-state index in [-0.39, 0.29) is 29.8 Å². The first-order valence-corrected chi connectivity index (χ1v) is 8.36. The van der Waals surface area contributed by atoms with Crippen LogP contribution in [0.15, 0.2) is 0 Å². The third kappa shape index (κ3) is 4.93. The average Bonchev–Trinajstić information content (AvgIpc) is 3.05. The highest BCUT2D eigenvalue weighted by Crippen LogP contribution is 2.50. The van der Waals surface area contributed by atoms with Crippen LogP contribution in [0, 0.1) is 11.3 Å². The molecule has 0 aromatic heterocycles. The number of carbonyl (C=O) groups excluding carboxylic acids is 2. The minimum Gasteiger partial charge on any atom is -0.469 e. The number of hydrogen-bond acceptors (Lipinski definition) is 5. The topological polar surface area (TPSA) is 77.5 Å². The van der Waals surface area contributed by atoms with Crippen molar-refractivity contribution < 1.29 is 22.7 Å². The Kier molecular flexibility index (Phi) is 5.12. The molecule has 19 heavy (non-hydrogen) atoms. The molecule has 1 fully saturated rings. The van der Waals surface area contributed by atoms with E-state index in [2.05, 4.69) is 4.74 Å². The van der Waals surface area contributed by atoms with Crippen LogP contribution in [-0.4, -0.2) is 38.8 Å². The standard InChI is InChI=1S/C13H22O5S/c1-4-10(2)11(14)8-19(16,17)9-13(5-6-13)7-12(15)18-3/h10H,4-9H2,1-3H3. The predicted molar refractivity (Wildman–Crippen MR) is 71.4 cm³/mol. The Morgan fingerprint density at radius 2 is 1.89 bits per heavy atom. The maximum atomic E-state index is 12.0. The van der Waals surface area contributed by atoms with Gasteiger partial charge in [0.25, 0.3) is 0 Å². The van der Waals surface area contributed by atoms with Crippen molar-refractivity contribution in [1.82, 2.24) is 0 Å². The van der Waals surface area contributed by atoms with Gasteiger partial charge >= 0.3 is 5.97 Å². The van der Waals surface area contributed by atoms with Crippen molar-refractivity contribution in [2.45, 2.75) is 39.5 Å². The second kappa shape index (κ2) is 6.03. The lowest BCUT2D eigenvalue weighted by Gasteiger charge is -2.14. The van der Waals surface area contributed by atoms with Crippen molar-refractivity contribution in [3.05, 3.63) is 0 Å². The molecule has 1 aliphatic rings. The SMILES string of the molecule is CCC(C)C(=O)CS(=O)(=O)CC1(CC(=O)OC)CC1. The van der Waals surface area contributed by atoms with E-state index < -0.39 is 21.0 Å². The van der Waals surface area contributed by atoms with Crippen molar-refractivity contribution in [2.24, 2.45) is 11.3 Å². The lowest BCUT2D eigenvalue weighted by Crippen LogP contribution is -2.28. The third-order valence-corrected chi connectivity index (χ3v) is 5.53. The fourth-order valence-electron chi connectivity index (χ4n) is 2.03. The van der Waals surface area contributed by atoms with E-state index in [0.717, 1.165) is 0 Å². The molecule has 0 aromatic rings. The second-order valence-electron chi connectivity index (χ2n) is 5.56. The highest BCUT2D eigenvalue weighted by atomic mass is 32.2. The number of esters is 1. The smallest absolute Gasteiger partial charge is 0.306 e. The van der Waals surface area contributed by atoms with Crippen molar-refractivity contribution >= 4 is 21.6 Å². The van der Waals surface area contributed by atoms with Crippen LogP contribution in [0.1, 0.15) is 39.5 Å². The maximum Gasteiger partial charge on any atom is 0.306 e. The lowest BCUT2D eigenvalue weighted by atomic mass is 10.1. The van der Waals surface area contributed by atoms with Crippen LogP contribution in [0.5, 0.6) is 0 Å². The Balaban J connectivity index is 2.60. The fourth-order valence-corrected chi connectivity index (χ4v) is 4.18. The highest BCUT2D eigenvalue weighted by Gasteiger charge is 2.48. The van der Waals surface area contributed by atoms with Gasteiger partial charge in [-0.2, -0.15) is 0 Å². The van der Waals surface area contributed by atoms with Gasteiger partial charge in [-0.3, -0.25) is 9.59 Å². The first-order chi connectivity index (χ1) is 8.73. The summed E-state index contributed by atoms with van der Waals surface area (Å²) in [6, 6.07) is 0. The largest absolute Gasteiger partial charge is 0.469 e. The van der Waals surface area contributed by atoms with Crippen LogP contribution in [0.3, 0.4) is 0 Å². The maximum absolute atomic E-state index is 12.0. The predicted octanol–water partition coefficient (Wildman–Crippen LogP) is 1.36. The van der Waals surface area contributed by atoms with Crippen molar-refractivity contribution in [2.75, 3.05) is 18.6 Å². The molecule has 0 saturated heterocycles. The zero-order valence-electron chi connectivity index (χ0n) is 11.8. The van der Waals surface area contributed by atoms with Gasteiger partial charge in [0.1, 0.15) is 5.75 Å². The van der Waals surface area contributed by atoms with Gasteiger partial charge in [0.05, 0.1) is 19.3 Å². The number of ketones is 1. The zero-order valence-corrected chi connectivity index (χ0v) is 12.6. The van der Waals surface area contributed by atoms with Crippen molar-refractivity contribution in [3.8, 4) is 0 Å². The summed E-state index contributed by atoms with van der Waals surface area (Å²) in [4.78, 5) is 22.9. The normalized spacial score (nSPS) is 18.7. The number of Topliss-reactive ketones (excluding diaryl/α,β-unsaturated/α-hetero) is 1. The number of hydrogen-bond donors (Lipinski definition) is 0. The molecule has 0 N–H and O–H groups in total. The molecular weight excluding hydrogens is 268 g/mol. The Morgan fingerprint density at radius 1 is 1.32 bits per heavy atom. The summed E-state index contributed by atoms with van der Waals surface area (Å²) in [6.45, 7) is 3.59. The molecule has 5 nitrogen and oxygen atoms in total. The van der Waals surface area contributed by atoms with E-state index in [0.29, 0.717) is 19.3 Å². The summed E-state index contributed by atoms with van der Waals surface area (Å²) in [7, 11) is -2.15. The first-order valence-electron chi connectivity index (χ1n) is 6.53. The van der Waals surface area contributed by atoms with Gasteiger partial charge in [-0.05, 0) is 24.7 Å². The summed E-state index contributed by atoms with van der Waals surface area (Å²) in [6.07, 6.45) is 2.18. The summed E-state index contributed by atoms with van der Waals surface area (Å²) < 4.78 is 28.6. The molecule has 0 spiro atoms. The first kappa shape index (κ1) is 16.1. The van der Waals surface area contributed by atoms with Crippen LogP contribution in [0.2, 0.25) is 0 Å². The van der Waals surface area contributed by atoms with E-state index in [1.54, 1.807) is 6.92 Å². The Hall–Kier alpha value is -0.910. The molecule has 1 saturated carbocycles. The van der Waals surface area contributed by atoms with E-state index in [9.17, 15) is 18.0 Å². The second-order valence-corrected chi connectivity index (χ2v) is 7.63. The molecule has 1 aliphatic carbocycles. The summed E-state index contributed by atoms with van der Waals surface area (Å²) in [5.74, 6) is -1.36. The molecule has 0 bridgehead atoms. The van der Waals surface area contributed by atoms with Crippen molar-refractivity contribution in [3.63, 3.8) is 0 Å². The molecule has 0 aliphatic heterocycles. The molecule has 0 radical (unpaired) electrons. The van der Waals surface area contributed by atoms with Crippen molar-refractivity contribution in [1.29, 1.82) is 0 Å². The number of rotatable bonds is 8. The van der Waals surface area contributed by atoms with Gasteiger partial charge in [-0.15, -0.1) is 0 Å². The molecule has 6 heteroatoms. The van der Waals surface area contributed by atoms with Gasteiger partial charge in [-0.25, -0.2) is 8.42 Å². The molecule has 0 aromatic carbocycles.